The number of rotatable bonds is 12. The minimum absolute atomic E-state index is 0.0118. The number of ketones is 1. The van der Waals surface area contributed by atoms with Gasteiger partial charge in [0.25, 0.3) is 5.91 Å². The molecule has 2 aliphatic rings. The van der Waals surface area contributed by atoms with E-state index in [0.717, 1.165) is 0 Å². The van der Waals surface area contributed by atoms with Gasteiger partial charge in [0.1, 0.15) is 23.9 Å². The summed E-state index contributed by atoms with van der Waals surface area (Å²) in [6.07, 6.45) is 0.195. The van der Waals surface area contributed by atoms with Crippen molar-refractivity contribution >= 4 is 58.6 Å². The quantitative estimate of drug-likeness (QED) is 0.0702. The fourth-order valence-electron chi connectivity index (χ4n) is 3.45. The van der Waals surface area contributed by atoms with Gasteiger partial charge in [-0.2, -0.15) is 0 Å². The lowest BCUT2D eigenvalue weighted by atomic mass is 9.88. The van der Waals surface area contributed by atoms with Gasteiger partial charge in [-0.05, 0) is 5.92 Å². The van der Waals surface area contributed by atoms with Crippen LogP contribution < -0.4 is 5.32 Å². The van der Waals surface area contributed by atoms with Crippen molar-refractivity contribution in [2.45, 2.75) is 31.7 Å². The van der Waals surface area contributed by atoms with Gasteiger partial charge in [0.15, 0.2) is 0 Å². The van der Waals surface area contributed by atoms with Crippen molar-refractivity contribution < 1.29 is 43.0 Å². The molecule has 0 bridgehead atoms. The van der Waals surface area contributed by atoms with Crippen LogP contribution in [0.1, 0.15) is 20.3 Å². The first-order valence-electron chi connectivity index (χ1n) is 10.3. The van der Waals surface area contributed by atoms with Gasteiger partial charge in [-0.25, -0.2) is 0 Å². The number of nitrogens with one attached hydrogen (secondary N) is 1. The van der Waals surface area contributed by atoms with Gasteiger partial charge in [-0.1, -0.05) is 19.0 Å². The van der Waals surface area contributed by atoms with Crippen LogP contribution in [-0.2, 0) is 43.0 Å². The van der Waals surface area contributed by atoms with Gasteiger partial charge in [0, 0.05) is 25.8 Å². The predicted molar refractivity (Wildman–Crippen MR) is 121 cm³/mol. The Morgan fingerprint density at radius 1 is 1.26 bits per heavy atom. The van der Waals surface area contributed by atoms with Crippen LogP contribution in [0.5, 0.6) is 0 Å². The van der Waals surface area contributed by atoms with Crippen LogP contribution >= 0.6 is 23.4 Å². The lowest BCUT2D eigenvalue weighted by Crippen LogP contribution is -2.74. The van der Waals surface area contributed by atoms with Gasteiger partial charge in [-0.15, -0.1) is 23.4 Å². The Morgan fingerprint density at radius 3 is 2.56 bits per heavy atom. The summed E-state index contributed by atoms with van der Waals surface area (Å²) in [5, 5.41) is 5.39. The highest BCUT2D eigenvalue weighted by molar-refractivity contribution is 8.00. The summed E-state index contributed by atoms with van der Waals surface area (Å²) in [6.45, 7) is 3.14. The van der Waals surface area contributed by atoms with Crippen molar-refractivity contribution in [3.05, 3.63) is 0 Å². The summed E-state index contributed by atoms with van der Waals surface area (Å²) in [4.78, 5) is 67.4. The summed E-state index contributed by atoms with van der Waals surface area (Å²) < 4.78 is 15.3. The SMILES string of the molecule is COCC1(C(=O)OCOC(=O)CC(C)C)CS[C@@H]2C(NC(=O)C(=NOC)C(=O)CCl)C(=O)N2C1. The Labute approximate surface area is 206 Å². The number of carbonyl (C=O) groups excluding carboxylic acids is 5. The third-order valence-corrected chi connectivity index (χ3v) is 6.88. The summed E-state index contributed by atoms with van der Waals surface area (Å²) in [6, 6.07) is -0.920. The third-order valence-electron chi connectivity index (χ3n) is 5.05. The molecular formula is C20H28ClN3O9S. The standard InChI is InChI=1S/C20H28ClN3O9S/c1-11(2)5-13(26)32-10-33-19(29)20(8-30-3)7-24-17(28)15(18(24)34-9-20)22-16(27)14(23-31-4)12(25)6-21/h11,15,18H,5-10H2,1-4H3,(H,22,27)/t15?,18-,20?/m1/s1. The number of oxime groups is 1. The first kappa shape index (κ1) is 27.9. The molecule has 1 N–H and O–H groups in total. The number of methoxy groups -OCH3 is 1. The van der Waals surface area contributed by atoms with Crippen molar-refractivity contribution in [1.82, 2.24) is 10.2 Å². The topological polar surface area (TPSA) is 150 Å². The molecule has 0 saturated carbocycles. The summed E-state index contributed by atoms with van der Waals surface area (Å²) in [5.41, 5.74) is -1.73. The molecule has 14 heteroatoms. The van der Waals surface area contributed by atoms with E-state index in [1.807, 2.05) is 13.8 Å². The summed E-state index contributed by atoms with van der Waals surface area (Å²) >= 11 is 6.74. The minimum Gasteiger partial charge on any atom is -0.428 e. The number of Topliss-reactive ketones (excluding diaryl/α,β-unsaturated/α-hetero) is 1. The number of hydrogen-bond acceptors (Lipinski definition) is 11. The normalized spacial score (nSPS) is 24.1. The Morgan fingerprint density at radius 2 is 1.97 bits per heavy atom. The van der Waals surface area contributed by atoms with Gasteiger partial charge in [-0.3, -0.25) is 24.0 Å². The second-order valence-corrected chi connectivity index (χ2v) is 9.55. The number of ether oxygens (including phenoxy) is 3. The number of amides is 2. The molecule has 0 aliphatic carbocycles. The average molecular weight is 522 g/mol. The molecular weight excluding hydrogens is 494 g/mol. The van der Waals surface area contributed by atoms with E-state index in [0.29, 0.717) is 0 Å². The zero-order valence-electron chi connectivity index (χ0n) is 19.3. The molecule has 2 aliphatic heterocycles. The van der Waals surface area contributed by atoms with Gasteiger partial charge in [0.05, 0.1) is 12.5 Å². The van der Waals surface area contributed by atoms with E-state index in [-0.39, 0.29) is 31.2 Å². The van der Waals surface area contributed by atoms with E-state index < -0.39 is 64.8 Å². The number of nitrogens with zero attached hydrogens (tertiary/aromatic N) is 2. The lowest BCUT2D eigenvalue weighted by Gasteiger charge is -2.53. The molecule has 0 spiro atoms. The Kier molecular flexibility index (Phi) is 10.1. The van der Waals surface area contributed by atoms with Crippen LogP contribution in [0.15, 0.2) is 5.16 Å². The van der Waals surface area contributed by atoms with E-state index in [9.17, 15) is 24.0 Å². The Balaban J connectivity index is 2.00. The van der Waals surface area contributed by atoms with Gasteiger partial charge < -0.3 is 29.3 Å². The Bertz CT molecular complexity index is 853. The van der Waals surface area contributed by atoms with Crippen molar-refractivity contribution in [1.29, 1.82) is 0 Å². The number of halogens is 1. The highest BCUT2D eigenvalue weighted by Crippen LogP contribution is 2.42. The molecule has 2 rings (SSSR count). The largest absolute Gasteiger partial charge is 0.428 e. The monoisotopic (exact) mass is 521 g/mol. The van der Waals surface area contributed by atoms with Crippen LogP contribution in [-0.4, -0.2) is 97.4 Å². The van der Waals surface area contributed by atoms with Crippen LogP contribution in [0.2, 0.25) is 0 Å². The molecule has 0 radical (unpaired) electrons. The molecule has 2 amide bonds. The molecule has 2 unspecified atom stereocenters. The number of fused-ring (bicyclic) bond motifs is 1. The van der Waals surface area contributed by atoms with Gasteiger partial charge >= 0.3 is 11.9 Å². The second kappa shape index (κ2) is 12.4. The molecule has 0 aromatic heterocycles. The third kappa shape index (κ3) is 6.39. The van der Waals surface area contributed by atoms with Crippen molar-refractivity contribution in [3.63, 3.8) is 0 Å². The molecule has 190 valence electrons. The molecule has 0 aromatic carbocycles. The van der Waals surface area contributed by atoms with E-state index in [4.69, 9.17) is 25.8 Å². The van der Waals surface area contributed by atoms with E-state index in [1.54, 1.807) is 0 Å². The molecule has 3 atom stereocenters. The van der Waals surface area contributed by atoms with E-state index in [2.05, 4.69) is 15.3 Å². The van der Waals surface area contributed by atoms with Crippen LogP contribution in [0.25, 0.3) is 0 Å². The second-order valence-electron chi connectivity index (χ2n) is 8.18. The Hall–Kier alpha value is -2.38. The number of alkyl halides is 1. The number of hydrogen-bond donors (Lipinski definition) is 1. The van der Waals surface area contributed by atoms with E-state index >= 15 is 0 Å². The summed E-state index contributed by atoms with van der Waals surface area (Å²) in [7, 11) is 2.59. The summed E-state index contributed by atoms with van der Waals surface area (Å²) in [5.74, 6) is -3.39. The first-order valence-corrected chi connectivity index (χ1v) is 11.9. The molecule has 34 heavy (non-hydrogen) atoms. The molecule has 2 fully saturated rings. The zero-order chi connectivity index (χ0) is 25.5. The van der Waals surface area contributed by atoms with Crippen molar-refractivity contribution in [3.8, 4) is 0 Å². The maximum atomic E-state index is 12.8. The molecule has 0 aromatic rings. The van der Waals surface area contributed by atoms with Crippen LogP contribution in [0.3, 0.4) is 0 Å². The highest BCUT2D eigenvalue weighted by Gasteiger charge is 2.58. The fraction of sp³-hybridized carbons (Fsp3) is 0.700. The number of carbonyl (C=O) groups is 5. The van der Waals surface area contributed by atoms with E-state index in [1.165, 1.54) is 30.9 Å². The predicted octanol–water partition coefficient (Wildman–Crippen LogP) is -0.0806. The molecule has 12 nitrogen and oxygen atoms in total. The first-order chi connectivity index (χ1) is 16.1. The number of thioether (sulfide) groups is 1. The van der Waals surface area contributed by atoms with Crippen LogP contribution in [0, 0.1) is 11.3 Å². The minimum atomic E-state index is -1.18. The van der Waals surface area contributed by atoms with Crippen molar-refractivity contribution in [2.75, 3.05) is 45.8 Å². The van der Waals surface area contributed by atoms with Crippen LogP contribution in [0.4, 0.5) is 0 Å². The zero-order valence-corrected chi connectivity index (χ0v) is 20.9. The maximum Gasteiger partial charge on any atom is 0.319 e. The van der Waals surface area contributed by atoms with Crippen molar-refractivity contribution in [2.24, 2.45) is 16.5 Å². The maximum absolute atomic E-state index is 12.8. The van der Waals surface area contributed by atoms with Gasteiger partial charge in [0.2, 0.25) is 24.2 Å². The smallest absolute Gasteiger partial charge is 0.319 e. The fourth-order valence-corrected chi connectivity index (χ4v) is 5.09. The lowest BCUT2D eigenvalue weighted by molar-refractivity contribution is -0.179. The molecule has 2 heterocycles. The molecule has 2 saturated heterocycles. The number of β-lactam (4-membered cyclic amide) rings is 1. The number of esters is 2. The highest BCUT2D eigenvalue weighted by atomic mass is 35.5. The average Bonchev–Trinajstić information content (AvgIpc) is 2.79.